The molecule has 0 amide bonds. The van der Waals surface area contributed by atoms with E-state index in [1.807, 2.05) is 6.92 Å². The van der Waals surface area contributed by atoms with Gasteiger partial charge in [0.25, 0.3) is 0 Å². The van der Waals surface area contributed by atoms with E-state index in [0.29, 0.717) is 17.1 Å². The summed E-state index contributed by atoms with van der Waals surface area (Å²) in [6.07, 6.45) is 2.75. The van der Waals surface area contributed by atoms with Gasteiger partial charge in [-0.1, -0.05) is 0 Å². The first kappa shape index (κ1) is 9.39. The second kappa shape index (κ2) is 3.53. The van der Waals surface area contributed by atoms with Gasteiger partial charge in [-0.15, -0.1) is 0 Å². The molecule has 0 spiro atoms. The summed E-state index contributed by atoms with van der Waals surface area (Å²) in [6, 6.07) is 3.47. The summed E-state index contributed by atoms with van der Waals surface area (Å²) >= 11 is 0. The van der Waals surface area contributed by atoms with Crippen molar-refractivity contribution in [3.05, 3.63) is 30.4 Å². The number of hydrogen-bond acceptors (Lipinski definition) is 5. The summed E-state index contributed by atoms with van der Waals surface area (Å²) in [5.74, 6) is 0.421. The van der Waals surface area contributed by atoms with E-state index in [1.54, 1.807) is 12.1 Å². The molecule has 0 aliphatic heterocycles. The maximum atomic E-state index is 9.75. The molecule has 5 nitrogen and oxygen atoms in total. The van der Waals surface area contributed by atoms with Crippen LogP contribution < -0.4 is 5.73 Å². The number of anilines is 1. The lowest BCUT2D eigenvalue weighted by Crippen LogP contribution is -1.94. The third-order valence-electron chi connectivity index (χ3n) is 2.02. The molecule has 0 bridgehead atoms. The van der Waals surface area contributed by atoms with Crippen LogP contribution in [0.5, 0.6) is 5.75 Å². The molecule has 0 radical (unpaired) electrons. The predicted molar refractivity (Wildman–Crippen MR) is 56.1 cm³/mol. The zero-order chi connectivity index (χ0) is 10.8. The second-order valence-electron chi connectivity index (χ2n) is 3.21. The number of aryl methyl sites for hydroxylation is 1. The van der Waals surface area contributed by atoms with E-state index in [4.69, 9.17) is 5.73 Å². The Labute approximate surface area is 86.6 Å². The lowest BCUT2D eigenvalue weighted by atomic mass is 10.1. The molecule has 76 valence electrons. The number of hydrogen-bond donors (Lipinski definition) is 2. The fourth-order valence-corrected chi connectivity index (χ4v) is 1.36. The predicted octanol–water partition coefficient (Wildman–Crippen LogP) is 1.13. The average Bonchev–Trinajstić information content (AvgIpc) is 2.24. The Morgan fingerprint density at radius 2 is 1.87 bits per heavy atom. The number of rotatable bonds is 1. The number of aromatic nitrogens is 3. The molecule has 1 aromatic carbocycles. The summed E-state index contributed by atoms with van der Waals surface area (Å²) < 4.78 is 0. The van der Waals surface area contributed by atoms with Gasteiger partial charge in [-0.3, -0.25) is 0 Å². The molecule has 3 N–H and O–H groups in total. The van der Waals surface area contributed by atoms with Crippen molar-refractivity contribution in [2.45, 2.75) is 6.92 Å². The van der Waals surface area contributed by atoms with E-state index in [9.17, 15) is 5.11 Å². The van der Waals surface area contributed by atoms with Crippen LogP contribution in [0.1, 0.15) is 5.56 Å². The zero-order valence-corrected chi connectivity index (χ0v) is 8.18. The van der Waals surface area contributed by atoms with Crippen molar-refractivity contribution in [3.63, 3.8) is 0 Å². The molecule has 0 atom stereocenters. The number of benzene rings is 1. The molecular formula is C10H10N4O. The van der Waals surface area contributed by atoms with Gasteiger partial charge in [-0.25, -0.2) is 15.0 Å². The lowest BCUT2D eigenvalue weighted by Gasteiger charge is -2.06. The van der Waals surface area contributed by atoms with Gasteiger partial charge in [0.2, 0.25) is 0 Å². The monoisotopic (exact) mass is 202 g/mol. The van der Waals surface area contributed by atoms with E-state index in [1.165, 1.54) is 12.7 Å². The maximum absolute atomic E-state index is 9.75. The van der Waals surface area contributed by atoms with Gasteiger partial charge in [0.15, 0.2) is 5.82 Å². The van der Waals surface area contributed by atoms with Gasteiger partial charge in [0.05, 0.1) is 11.3 Å². The topological polar surface area (TPSA) is 84.9 Å². The largest absolute Gasteiger partial charge is 0.505 e. The Bertz CT molecular complexity index is 484. The number of nitrogens with zero attached hydrogens (tertiary/aromatic N) is 3. The Balaban J connectivity index is 2.63. The van der Waals surface area contributed by atoms with E-state index in [-0.39, 0.29) is 5.75 Å². The molecule has 1 aromatic heterocycles. The van der Waals surface area contributed by atoms with Crippen LogP contribution in [0.4, 0.5) is 5.69 Å². The van der Waals surface area contributed by atoms with Crippen LogP contribution in [-0.2, 0) is 0 Å². The van der Waals surface area contributed by atoms with Crippen LogP contribution in [0.15, 0.2) is 24.8 Å². The first-order valence-electron chi connectivity index (χ1n) is 4.40. The fourth-order valence-electron chi connectivity index (χ4n) is 1.36. The molecule has 2 aromatic rings. The second-order valence-corrected chi connectivity index (χ2v) is 3.21. The van der Waals surface area contributed by atoms with Crippen LogP contribution >= 0.6 is 0 Å². The summed E-state index contributed by atoms with van der Waals surface area (Å²) in [4.78, 5) is 11.6. The summed E-state index contributed by atoms with van der Waals surface area (Å²) in [5, 5.41) is 9.75. The standard InChI is InChI=1S/C10H10N4O/c1-6-2-7(9(15)8(11)3-6)10-13-4-12-5-14-10/h2-5,15H,11H2,1H3. The number of aromatic hydroxyl groups is 1. The quantitative estimate of drug-likeness (QED) is 0.535. The van der Waals surface area contributed by atoms with Crippen molar-refractivity contribution < 1.29 is 5.11 Å². The average molecular weight is 202 g/mol. The molecule has 0 fully saturated rings. The Morgan fingerprint density at radius 1 is 1.20 bits per heavy atom. The minimum absolute atomic E-state index is 0.00630. The van der Waals surface area contributed by atoms with E-state index < -0.39 is 0 Å². The molecule has 0 aliphatic rings. The molecule has 2 rings (SSSR count). The van der Waals surface area contributed by atoms with Gasteiger partial charge < -0.3 is 10.8 Å². The lowest BCUT2D eigenvalue weighted by molar-refractivity contribution is 0.479. The van der Waals surface area contributed by atoms with Crippen LogP contribution in [0.25, 0.3) is 11.4 Å². The van der Waals surface area contributed by atoms with Crippen molar-refractivity contribution in [2.24, 2.45) is 0 Å². The van der Waals surface area contributed by atoms with Crippen LogP contribution in [0, 0.1) is 6.92 Å². The first-order valence-corrected chi connectivity index (χ1v) is 4.40. The molecule has 1 heterocycles. The number of nitrogen functional groups attached to an aromatic ring is 1. The van der Waals surface area contributed by atoms with Gasteiger partial charge in [0, 0.05) is 0 Å². The summed E-state index contributed by atoms with van der Waals surface area (Å²) in [6.45, 7) is 1.89. The Morgan fingerprint density at radius 3 is 2.53 bits per heavy atom. The highest BCUT2D eigenvalue weighted by atomic mass is 16.3. The molecule has 15 heavy (non-hydrogen) atoms. The fraction of sp³-hybridized carbons (Fsp3) is 0.100. The summed E-state index contributed by atoms with van der Waals surface area (Å²) in [5.41, 5.74) is 7.43. The minimum Gasteiger partial charge on any atom is -0.505 e. The van der Waals surface area contributed by atoms with Crippen LogP contribution in [0.2, 0.25) is 0 Å². The highest BCUT2D eigenvalue weighted by Crippen LogP contribution is 2.32. The normalized spacial score (nSPS) is 10.2. The maximum Gasteiger partial charge on any atom is 0.166 e. The molecule has 0 saturated heterocycles. The highest BCUT2D eigenvalue weighted by molar-refractivity contribution is 5.73. The molecule has 0 unspecified atom stereocenters. The van der Waals surface area contributed by atoms with Gasteiger partial charge in [0.1, 0.15) is 18.4 Å². The Hall–Kier alpha value is -2.17. The van der Waals surface area contributed by atoms with Gasteiger partial charge in [-0.05, 0) is 24.6 Å². The molecule has 0 aliphatic carbocycles. The van der Waals surface area contributed by atoms with Crippen molar-refractivity contribution >= 4 is 5.69 Å². The van der Waals surface area contributed by atoms with Crippen molar-refractivity contribution in [1.82, 2.24) is 15.0 Å². The van der Waals surface area contributed by atoms with Crippen LogP contribution in [0.3, 0.4) is 0 Å². The SMILES string of the molecule is Cc1cc(N)c(O)c(-c2ncncn2)c1. The molecule has 5 heteroatoms. The number of phenols is 1. The number of nitrogens with two attached hydrogens (primary N) is 1. The zero-order valence-electron chi connectivity index (χ0n) is 8.18. The first-order chi connectivity index (χ1) is 7.18. The van der Waals surface area contributed by atoms with Crippen molar-refractivity contribution in [3.8, 4) is 17.1 Å². The number of phenolic OH excluding ortho intramolecular Hbond substituents is 1. The van der Waals surface area contributed by atoms with Crippen LogP contribution in [-0.4, -0.2) is 20.1 Å². The minimum atomic E-state index is 0.00630. The van der Waals surface area contributed by atoms with E-state index in [2.05, 4.69) is 15.0 Å². The highest BCUT2D eigenvalue weighted by Gasteiger charge is 2.10. The van der Waals surface area contributed by atoms with E-state index in [0.717, 1.165) is 5.56 Å². The van der Waals surface area contributed by atoms with Gasteiger partial charge in [-0.2, -0.15) is 0 Å². The third-order valence-corrected chi connectivity index (χ3v) is 2.02. The molecule has 0 saturated carbocycles. The smallest absolute Gasteiger partial charge is 0.166 e. The summed E-state index contributed by atoms with van der Waals surface area (Å²) in [7, 11) is 0. The third kappa shape index (κ3) is 1.71. The van der Waals surface area contributed by atoms with Crippen molar-refractivity contribution in [2.75, 3.05) is 5.73 Å². The van der Waals surface area contributed by atoms with Gasteiger partial charge >= 0.3 is 0 Å². The van der Waals surface area contributed by atoms with Crippen molar-refractivity contribution in [1.29, 1.82) is 0 Å². The van der Waals surface area contributed by atoms with E-state index >= 15 is 0 Å². The Kier molecular flexibility index (Phi) is 2.21. The molecular weight excluding hydrogens is 192 g/mol.